The summed E-state index contributed by atoms with van der Waals surface area (Å²) in [5.41, 5.74) is 2.62. The predicted octanol–water partition coefficient (Wildman–Crippen LogP) is 5.81. The molecule has 1 saturated heterocycles. The Morgan fingerprint density at radius 1 is 1.14 bits per heavy atom. The zero-order valence-corrected chi connectivity index (χ0v) is 19.4. The van der Waals surface area contributed by atoms with Crippen LogP contribution in [0.3, 0.4) is 0 Å². The first-order chi connectivity index (χ1) is 16.8. The van der Waals surface area contributed by atoms with Crippen molar-refractivity contribution in [2.24, 2.45) is 5.92 Å². The van der Waals surface area contributed by atoms with Gasteiger partial charge in [0.25, 0.3) is 0 Å². The summed E-state index contributed by atoms with van der Waals surface area (Å²) in [6, 6.07) is 15.4. The number of hydrogen-bond acceptors (Lipinski definition) is 5. The molecule has 2 aromatic carbocycles. The number of fused-ring (bicyclic) bond motifs is 1. The van der Waals surface area contributed by atoms with E-state index in [1.807, 2.05) is 12.1 Å². The fraction of sp³-hybridized carbons (Fsp3) is 0.269. The molecule has 35 heavy (non-hydrogen) atoms. The van der Waals surface area contributed by atoms with Crippen LogP contribution in [-0.4, -0.2) is 42.2 Å². The molecule has 0 radical (unpaired) electrons. The van der Waals surface area contributed by atoms with Crippen molar-refractivity contribution in [3.8, 4) is 22.6 Å². The van der Waals surface area contributed by atoms with Gasteiger partial charge in [-0.05, 0) is 35.4 Å². The molecular weight excluding hydrogens is 479 g/mol. The lowest BCUT2D eigenvalue weighted by molar-refractivity contribution is -0.147. The van der Waals surface area contributed by atoms with Gasteiger partial charge in [0, 0.05) is 41.7 Å². The number of hydrogen-bond donors (Lipinski definition) is 1. The Balaban J connectivity index is 1.25. The van der Waals surface area contributed by atoms with E-state index in [1.54, 1.807) is 42.5 Å². The third-order valence-electron chi connectivity index (χ3n) is 6.00. The summed E-state index contributed by atoms with van der Waals surface area (Å²) in [6.45, 7) is 2.14. The van der Waals surface area contributed by atoms with Gasteiger partial charge >= 0.3 is 12.1 Å². The van der Waals surface area contributed by atoms with Crippen molar-refractivity contribution in [1.29, 1.82) is 0 Å². The van der Waals surface area contributed by atoms with Gasteiger partial charge in [-0.15, -0.1) is 11.3 Å². The van der Waals surface area contributed by atoms with E-state index in [4.69, 9.17) is 14.6 Å². The summed E-state index contributed by atoms with van der Waals surface area (Å²) in [4.78, 5) is 12.9. The van der Waals surface area contributed by atoms with E-state index in [0.717, 1.165) is 11.1 Å². The minimum atomic E-state index is -4.44. The van der Waals surface area contributed by atoms with Gasteiger partial charge < -0.3 is 14.6 Å². The van der Waals surface area contributed by atoms with Gasteiger partial charge in [-0.25, -0.2) is 0 Å². The molecule has 0 atom stereocenters. The maximum Gasteiger partial charge on any atom is 0.426 e. The monoisotopic (exact) mass is 501 g/mol. The number of alkyl halides is 3. The van der Waals surface area contributed by atoms with Crippen molar-refractivity contribution in [3.63, 3.8) is 0 Å². The quantitative estimate of drug-likeness (QED) is 0.443. The molecule has 3 aromatic rings. The smallest absolute Gasteiger partial charge is 0.426 e. The standard InChI is InChI=1S/C26H22F3NO4S/c27-26(28,29)24-22(17-4-2-1-3-5-17)10-21(35-24)15-33-20-7-6-18-8-16(14-34-23(18)9-20)11-30-12-19(13-30)25(31)32/h1-10,19H,11-15H2,(H,31,32). The molecule has 5 rings (SSSR count). The molecule has 2 aliphatic heterocycles. The van der Waals surface area contributed by atoms with Crippen LogP contribution in [0.1, 0.15) is 15.3 Å². The number of likely N-dealkylation sites (tertiary alicyclic amines) is 1. The Morgan fingerprint density at radius 2 is 1.91 bits per heavy atom. The van der Waals surface area contributed by atoms with Gasteiger partial charge in [0.15, 0.2) is 0 Å². The van der Waals surface area contributed by atoms with Gasteiger partial charge in [-0.2, -0.15) is 13.2 Å². The van der Waals surface area contributed by atoms with Gasteiger partial charge in [0.2, 0.25) is 0 Å². The zero-order chi connectivity index (χ0) is 24.6. The Morgan fingerprint density at radius 3 is 2.63 bits per heavy atom. The van der Waals surface area contributed by atoms with Crippen molar-refractivity contribution in [1.82, 2.24) is 4.90 Å². The first kappa shape index (κ1) is 23.4. The molecule has 1 N–H and O–H groups in total. The highest BCUT2D eigenvalue weighted by Crippen LogP contribution is 2.43. The lowest BCUT2D eigenvalue weighted by atomic mass is 9.98. The molecule has 0 amide bonds. The molecule has 0 saturated carbocycles. The Kier molecular flexibility index (Phi) is 6.29. The number of carboxylic acid groups (broad SMARTS) is 1. The number of carbonyl (C=O) groups is 1. The summed E-state index contributed by atoms with van der Waals surface area (Å²) in [6.07, 6.45) is -2.42. The van der Waals surface area contributed by atoms with Crippen LogP contribution < -0.4 is 9.47 Å². The number of rotatable bonds is 7. The molecule has 5 nitrogen and oxygen atoms in total. The SMILES string of the molecule is O=C(O)C1CN(CC2=Cc3ccc(OCc4cc(-c5ccccc5)c(C(F)(F)F)s4)cc3OC2)C1. The number of nitrogens with zero attached hydrogens (tertiary/aromatic N) is 1. The summed E-state index contributed by atoms with van der Waals surface area (Å²) in [5, 5.41) is 9.00. The molecular formula is C26H22F3NO4S. The van der Waals surface area contributed by atoms with Crippen molar-refractivity contribution >= 4 is 23.4 Å². The van der Waals surface area contributed by atoms with Crippen LogP contribution in [0.4, 0.5) is 13.2 Å². The third-order valence-corrected chi connectivity index (χ3v) is 7.15. The number of thiophene rings is 1. The molecule has 0 spiro atoms. The number of carboxylic acids is 1. The summed E-state index contributed by atoms with van der Waals surface area (Å²) in [5.74, 6) is 0.0918. The van der Waals surface area contributed by atoms with Gasteiger partial charge in [0.05, 0.1) is 5.92 Å². The summed E-state index contributed by atoms with van der Waals surface area (Å²) in [7, 11) is 0. The fourth-order valence-corrected chi connectivity index (χ4v) is 5.18. The normalized spacial score (nSPS) is 16.1. The van der Waals surface area contributed by atoms with Crippen molar-refractivity contribution in [3.05, 3.63) is 75.5 Å². The molecule has 1 aromatic heterocycles. The first-order valence-electron chi connectivity index (χ1n) is 11.1. The minimum Gasteiger partial charge on any atom is -0.488 e. The van der Waals surface area contributed by atoms with Crippen LogP contribution in [0.25, 0.3) is 17.2 Å². The average molecular weight is 502 g/mol. The van der Waals surface area contributed by atoms with E-state index in [-0.39, 0.29) is 18.1 Å². The highest BCUT2D eigenvalue weighted by Gasteiger charge is 2.36. The van der Waals surface area contributed by atoms with Crippen LogP contribution in [0.5, 0.6) is 11.5 Å². The Labute approximate surface area is 204 Å². The van der Waals surface area contributed by atoms with Gasteiger partial charge in [-0.1, -0.05) is 30.3 Å². The summed E-state index contributed by atoms with van der Waals surface area (Å²) < 4.78 is 52.5. The van der Waals surface area contributed by atoms with Gasteiger partial charge in [0.1, 0.15) is 29.6 Å². The van der Waals surface area contributed by atoms with E-state index < -0.39 is 17.0 Å². The second-order valence-electron chi connectivity index (χ2n) is 8.63. The summed E-state index contributed by atoms with van der Waals surface area (Å²) >= 11 is 0.693. The van der Waals surface area contributed by atoms with Crippen LogP contribution in [-0.2, 0) is 17.6 Å². The molecule has 0 bridgehead atoms. The molecule has 0 unspecified atom stereocenters. The fourth-order valence-electron chi connectivity index (χ4n) is 4.22. The molecule has 182 valence electrons. The maximum atomic E-state index is 13.6. The first-order valence-corrected chi connectivity index (χ1v) is 11.9. The van der Waals surface area contributed by atoms with Crippen LogP contribution in [0.15, 0.2) is 60.2 Å². The molecule has 0 aliphatic carbocycles. The number of halogens is 3. The number of benzene rings is 2. The number of ether oxygens (including phenoxy) is 2. The third kappa shape index (κ3) is 5.21. The molecule has 9 heteroatoms. The van der Waals surface area contributed by atoms with Crippen molar-refractivity contribution < 1.29 is 32.5 Å². The van der Waals surface area contributed by atoms with E-state index in [0.29, 0.717) is 59.5 Å². The van der Waals surface area contributed by atoms with E-state index in [1.165, 1.54) is 6.07 Å². The lowest BCUT2D eigenvalue weighted by Crippen LogP contribution is -2.51. The number of aliphatic carboxylic acids is 1. The highest BCUT2D eigenvalue weighted by molar-refractivity contribution is 7.12. The second-order valence-corrected chi connectivity index (χ2v) is 9.76. The lowest BCUT2D eigenvalue weighted by Gasteiger charge is -2.37. The largest absolute Gasteiger partial charge is 0.488 e. The molecule has 2 aliphatic rings. The Bertz CT molecular complexity index is 1260. The zero-order valence-electron chi connectivity index (χ0n) is 18.5. The predicted molar refractivity (Wildman–Crippen MR) is 127 cm³/mol. The van der Waals surface area contributed by atoms with Crippen molar-refractivity contribution in [2.75, 3.05) is 26.2 Å². The minimum absolute atomic E-state index is 0.0140. The average Bonchev–Trinajstić information content (AvgIpc) is 3.25. The maximum absolute atomic E-state index is 13.6. The second kappa shape index (κ2) is 9.39. The molecule has 3 heterocycles. The van der Waals surface area contributed by atoms with Crippen molar-refractivity contribution in [2.45, 2.75) is 12.8 Å². The highest BCUT2D eigenvalue weighted by atomic mass is 32.1. The topological polar surface area (TPSA) is 59.0 Å². The van der Waals surface area contributed by atoms with E-state index >= 15 is 0 Å². The molecule has 1 fully saturated rings. The van der Waals surface area contributed by atoms with Crippen LogP contribution in [0, 0.1) is 5.92 Å². The van der Waals surface area contributed by atoms with Crippen LogP contribution in [0.2, 0.25) is 0 Å². The van der Waals surface area contributed by atoms with Gasteiger partial charge in [-0.3, -0.25) is 9.69 Å². The van der Waals surface area contributed by atoms with Crippen LogP contribution >= 0.6 is 11.3 Å². The van der Waals surface area contributed by atoms with E-state index in [9.17, 15) is 18.0 Å². The van der Waals surface area contributed by atoms with E-state index in [2.05, 4.69) is 4.90 Å². The Hall–Kier alpha value is -3.30.